The second kappa shape index (κ2) is 7.12. The Hall–Kier alpha value is -3.73. The van der Waals surface area contributed by atoms with Crippen LogP contribution in [0.5, 0.6) is 0 Å². The van der Waals surface area contributed by atoms with Crippen molar-refractivity contribution in [2.75, 3.05) is 0 Å². The van der Waals surface area contributed by atoms with Crippen LogP contribution in [-0.2, 0) is 5.54 Å². The highest BCUT2D eigenvalue weighted by Crippen LogP contribution is 2.42. The highest BCUT2D eigenvalue weighted by Gasteiger charge is 2.41. The standard InChI is InChI=1S/C23H19N3O2/c1-18-24-22(26(27)28)17-25(18)23(19-11-5-2-6-12-19,20-13-7-3-8-14-20)21-15-9-4-10-16-21/h2-17H,1H3. The van der Waals surface area contributed by atoms with Crippen LogP contribution in [0.2, 0.25) is 0 Å². The summed E-state index contributed by atoms with van der Waals surface area (Å²) in [7, 11) is 0. The second-order valence-corrected chi connectivity index (χ2v) is 6.58. The van der Waals surface area contributed by atoms with E-state index in [1.54, 1.807) is 6.92 Å². The van der Waals surface area contributed by atoms with Gasteiger partial charge in [-0.05, 0) is 26.6 Å². The molecule has 138 valence electrons. The molecule has 0 aliphatic heterocycles. The van der Waals surface area contributed by atoms with Gasteiger partial charge >= 0.3 is 5.82 Å². The zero-order valence-corrected chi connectivity index (χ0v) is 15.4. The van der Waals surface area contributed by atoms with E-state index in [4.69, 9.17) is 0 Å². The molecule has 0 spiro atoms. The molecule has 0 N–H and O–H groups in total. The van der Waals surface area contributed by atoms with Crippen LogP contribution < -0.4 is 0 Å². The molecule has 5 nitrogen and oxygen atoms in total. The van der Waals surface area contributed by atoms with Gasteiger partial charge in [0.2, 0.25) is 5.82 Å². The molecule has 0 saturated heterocycles. The van der Waals surface area contributed by atoms with Gasteiger partial charge in [-0.15, -0.1) is 0 Å². The summed E-state index contributed by atoms with van der Waals surface area (Å²) in [5, 5.41) is 11.4. The maximum atomic E-state index is 11.4. The molecular formula is C23H19N3O2. The number of aromatic nitrogens is 2. The van der Waals surface area contributed by atoms with Crippen molar-refractivity contribution in [3.05, 3.63) is 130 Å². The SMILES string of the molecule is Cc1nc([N+](=O)[O-])cn1C(c1ccccc1)(c1ccccc1)c1ccccc1. The Morgan fingerprint density at radius 3 is 1.50 bits per heavy atom. The monoisotopic (exact) mass is 369 g/mol. The van der Waals surface area contributed by atoms with Crippen LogP contribution >= 0.6 is 0 Å². The van der Waals surface area contributed by atoms with Crippen molar-refractivity contribution in [1.29, 1.82) is 0 Å². The highest BCUT2D eigenvalue weighted by atomic mass is 16.6. The molecule has 1 aromatic heterocycles. The number of hydrogen-bond acceptors (Lipinski definition) is 3. The Labute approximate surface area is 163 Å². The predicted octanol–water partition coefficient (Wildman–Crippen LogP) is 4.94. The molecule has 4 rings (SSSR count). The molecule has 0 fully saturated rings. The van der Waals surface area contributed by atoms with E-state index in [1.807, 2.05) is 95.6 Å². The summed E-state index contributed by atoms with van der Waals surface area (Å²) in [6.07, 6.45) is 1.53. The van der Waals surface area contributed by atoms with Crippen molar-refractivity contribution in [3.63, 3.8) is 0 Å². The van der Waals surface area contributed by atoms with Gasteiger partial charge in [-0.25, -0.2) is 0 Å². The maximum Gasteiger partial charge on any atom is 0.381 e. The molecule has 0 aliphatic carbocycles. The number of nitro groups is 1. The summed E-state index contributed by atoms with van der Waals surface area (Å²) in [5.74, 6) is 0.410. The molecule has 28 heavy (non-hydrogen) atoms. The van der Waals surface area contributed by atoms with Crippen LogP contribution in [0, 0.1) is 17.0 Å². The lowest BCUT2D eigenvalue weighted by Crippen LogP contribution is -2.38. The lowest BCUT2D eigenvalue weighted by molar-refractivity contribution is -0.389. The van der Waals surface area contributed by atoms with Gasteiger partial charge in [0.25, 0.3) is 0 Å². The van der Waals surface area contributed by atoms with Crippen molar-refractivity contribution in [3.8, 4) is 0 Å². The van der Waals surface area contributed by atoms with Crippen LogP contribution in [0.15, 0.2) is 97.2 Å². The predicted molar refractivity (Wildman–Crippen MR) is 108 cm³/mol. The first-order chi connectivity index (χ1) is 13.6. The van der Waals surface area contributed by atoms with Crippen molar-refractivity contribution in [2.24, 2.45) is 0 Å². The molecule has 0 amide bonds. The minimum absolute atomic E-state index is 0.162. The Kier molecular flexibility index (Phi) is 4.49. The highest BCUT2D eigenvalue weighted by molar-refractivity contribution is 5.51. The molecule has 3 aromatic carbocycles. The molecule has 0 atom stereocenters. The smallest absolute Gasteiger partial charge is 0.358 e. The topological polar surface area (TPSA) is 61.0 Å². The number of hydrogen-bond donors (Lipinski definition) is 0. The van der Waals surface area contributed by atoms with Crippen LogP contribution in [0.4, 0.5) is 5.82 Å². The summed E-state index contributed by atoms with van der Waals surface area (Å²) in [6, 6.07) is 30.1. The van der Waals surface area contributed by atoms with Crippen molar-refractivity contribution in [2.45, 2.75) is 12.5 Å². The van der Waals surface area contributed by atoms with E-state index in [0.29, 0.717) is 5.82 Å². The third-order valence-corrected chi connectivity index (χ3v) is 4.99. The average Bonchev–Trinajstić information content (AvgIpc) is 3.14. The number of imidazole rings is 1. The normalized spacial score (nSPS) is 11.3. The quantitative estimate of drug-likeness (QED) is 0.284. The van der Waals surface area contributed by atoms with Gasteiger partial charge in [0, 0.05) is 6.92 Å². The zero-order valence-electron chi connectivity index (χ0n) is 15.4. The van der Waals surface area contributed by atoms with Gasteiger partial charge in [0.15, 0.2) is 0 Å². The number of benzene rings is 3. The third-order valence-electron chi connectivity index (χ3n) is 4.99. The first-order valence-electron chi connectivity index (χ1n) is 9.01. The van der Waals surface area contributed by atoms with E-state index in [0.717, 1.165) is 16.7 Å². The lowest BCUT2D eigenvalue weighted by atomic mass is 9.76. The van der Waals surface area contributed by atoms with Crippen molar-refractivity contribution in [1.82, 2.24) is 9.55 Å². The van der Waals surface area contributed by atoms with Crippen molar-refractivity contribution >= 4 is 5.82 Å². The van der Waals surface area contributed by atoms with E-state index < -0.39 is 10.5 Å². The number of nitrogens with zero attached hydrogens (tertiary/aromatic N) is 3. The van der Waals surface area contributed by atoms with Crippen LogP contribution in [0.1, 0.15) is 22.5 Å². The molecule has 5 heteroatoms. The fraction of sp³-hybridized carbons (Fsp3) is 0.0870. The molecule has 0 aliphatic rings. The van der Waals surface area contributed by atoms with Crippen molar-refractivity contribution < 1.29 is 4.92 Å². The lowest BCUT2D eigenvalue weighted by Gasteiger charge is -2.37. The Morgan fingerprint density at radius 1 is 0.786 bits per heavy atom. The summed E-state index contributed by atoms with van der Waals surface area (Å²) in [5.41, 5.74) is 2.23. The largest absolute Gasteiger partial charge is 0.381 e. The average molecular weight is 369 g/mol. The first-order valence-corrected chi connectivity index (χ1v) is 9.01. The minimum Gasteiger partial charge on any atom is -0.358 e. The molecule has 0 saturated carbocycles. The summed E-state index contributed by atoms with van der Waals surface area (Å²) in [4.78, 5) is 15.2. The maximum absolute atomic E-state index is 11.4. The van der Waals surface area contributed by atoms with Crippen LogP contribution in [-0.4, -0.2) is 14.5 Å². The summed E-state index contributed by atoms with van der Waals surface area (Å²) < 4.78 is 1.91. The van der Waals surface area contributed by atoms with Gasteiger partial charge in [-0.1, -0.05) is 91.0 Å². The molecule has 0 bridgehead atoms. The zero-order chi connectivity index (χ0) is 19.6. The van der Waals surface area contributed by atoms with E-state index in [1.165, 1.54) is 6.20 Å². The molecule has 0 radical (unpaired) electrons. The Balaban J connectivity index is 2.15. The minimum atomic E-state index is -0.783. The fourth-order valence-electron chi connectivity index (χ4n) is 3.84. The van der Waals surface area contributed by atoms with Gasteiger partial charge in [0.1, 0.15) is 11.7 Å². The third kappa shape index (κ3) is 2.77. The van der Waals surface area contributed by atoms with Gasteiger partial charge < -0.3 is 10.1 Å². The van der Waals surface area contributed by atoms with E-state index in [-0.39, 0.29) is 5.82 Å². The molecule has 4 aromatic rings. The van der Waals surface area contributed by atoms with Gasteiger partial charge in [-0.3, -0.25) is 4.57 Å². The number of aryl methyl sites for hydroxylation is 1. The molecule has 0 unspecified atom stereocenters. The van der Waals surface area contributed by atoms with Gasteiger partial charge in [0.05, 0.1) is 0 Å². The van der Waals surface area contributed by atoms with E-state index in [2.05, 4.69) is 4.98 Å². The molecular weight excluding hydrogens is 350 g/mol. The number of rotatable bonds is 5. The Bertz CT molecular complexity index is 994. The van der Waals surface area contributed by atoms with E-state index in [9.17, 15) is 10.1 Å². The summed E-state index contributed by atoms with van der Waals surface area (Å²) >= 11 is 0. The Morgan fingerprint density at radius 2 is 1.18 bits per heavy atom. The second-order valence-electron chi connectivity index (χ2n) is 6.58. The van der Waals surface area contributed by atoms with Crippen LogP contribution in [0.25, 0.3) is 0 Å². The van der Waals surface area contributed by atoms with E-state index >= 15 is 0 Å². The van der Waals surface area contributed by atoms with Crippen LogP contribution in [0.3, 0.4) is 0 Å². The van der Waals surface area contributed by atoms with Gasteiger partial charge in [-0.2, -0.15) is 0 Å². The molecule has 1 heterocycles. The fourth-order valence-corrected chi connectivity index (χ4v) is 3.84. The summed E-state index contributed by atoms with van der Waals surface area (Å²) in [6.45, 7) is 1.80. The first kappa shape index (κ1) is 17.7.